The van der Waals surface area contributed by atoms with Crippen LogP contribution in [0.1, 0.15) is 32.3 Å². The Morgan fingerprint density at radius 3 is 2.40 bits per heavy atom. The van der Waals surface area contributed by atoms with Crippen LogP contribution in [0.5, 0.6) is 11.5 Å². The van der Waals surface area contributed by atoms with Gasteiger partial charge in [0.2, 0.25) is 0 Å². The number of ether oxygens (including phenoxy) is 2. The summed E-state index contributed by atoms with van der Waals surface area (Å²) in [6, 6.07) is 5.71. The Kier molecular flexibility index (Phi) is 6.54. The number of nitrogens with one attached hydrogen (secondary N) is 1. The third-order valence-corrected chi connectivity index (χ3v) is 5.27. The van der Waals surface area contributed by atoms with Gasteiger partial charge in [-0.15, -0.1) is 0 Å². The van der Waals surface area contributed by atoms with Gasteiger partial charge in [-0.05, 0) is 36.6 Å². The van der Waals surface area contributed by atoms with Crippen molar-refractivity contribution in [1.82, 2.24) is 9.55 Å². The monoisotopic (exact) mass is 414 g/mol. The zero-order valence-corrected chi connectivity index (χ0v) is 18.3. The minimum atomic E-state index is -0.361. The lowest BCUT2D eigenvalue weighted by Crippen LogP contribution is -2.41. The first-order valence-corrected chi connectivity index (χ1v) is 10.2. The van der Waals surface area contributed by atoms with E-state index in [9.17, 15) is 9.59 Å². The van der Waals surface area contributed by atoms with E-state index in [0.29, 0.717) is 29.5 Å². The molecule has 0 spiro atoms. The Bertz CT molecular complexity index is 1040. The van der Waals surface area contributed by atoms with Gasteiger partial charge < -0.3 is 19.3 Å². The lowest BCUT2D eigenvalue weighted by atomic mass is 10.1. The molecule has 3 rings (SSSR count). The van der Waals surface area contributed by atoms with Crippen molar-refractivity contribution in [3.63, 3.8) is 0 Å². The minimum absolute atomic E-state index is 0.181. The molecule has 0 saturated heterocycles. The number of methoxy groups -OCH3 is 2. The Morgan fingerprint density at radius 2 is 1.77 bits per heavy atom. The van der Waals surface area contributed by atoms with Gasteiger partial charge in [0, 0.05) is 20.1 Å². The van der Waals surface area contributed by atoms with Gasteiger partial charge in [0.05, 0.1) is 14.2 Å². The van der Waals surface area contributed by atoms with Crippen molar-refractivity contribution in [3.05, 3.63) is 50.7 Å². The lowest BCUT2D eigenvalue weighted by molar-refractivity contribution is 0.355. The Hall–Kier alpha value is -3.16. The van der Waals surface area contributed by atoms with Gasteiger partial charge in [0.1, 0.15) is 17.7 Å². The first kappa shape index (κ1) is 21.5. The average molecular weight is 415 g/mol. The van der Waals surface area contributed by atoms with Gasteiger partial charge in [-0.2, -0.15) is 0 Å². The summed E-state index contributed by atoms with van der Waals surface area (Å²) < 4.78 is 12.4. The van der Waals surface area contributed by atoms with Crippen LogP contribution in [0.3, 0.4) is 0 Å². The molecule has 1 atom stereocenters. The molecule has 0 amide bonds. The highest BCUT2D eigenvalue weighted by atomic mass is 16.5. The maximum atomic E-state index is 12.6. The number of anilines is 2. The molecule has 1 aliphatic rings. The summed E-state index contributed by atoms with van der Waals surface area (Å²) in [5.41, 5.74) is 0.763. The third-order valence-electron chi connectivity index (χ3n) is 5.27. The molecular formula is C22H30N4O4. The largest absolute Gasteiger partial charge is 0.493 e. The molecule has 30 heavy (non-hydrogen) atoms. The first-order chi connectivity index (χ1) is 14.5. The second-order valence-corrected chi connectivity index (χ2v) is 7.27. The number of hydrogen-bond acceptors (Lipinski definition) is 6. The normalized spacial score (nSPS) is 15.7. The molecule has 8 heteroatoms. The number of likely N-dealkylation sites (N-methyl/N-ethyl adjacent to an activating group) is 1. The highest BCUT2D eigenvalue weighted by molar-refractivity contribution is 5.75. The van der Waals surface area contributed by atoms with Crippen molar-refractivity contribution in [3.8, 4) is 11.5 Å². The highest BCUT2D eigenvalue weighted by Gasteiger charge is 2.36. The van der Waals surface area contributed by atoms with Crippen LogP contribution in [0.4, 0.5) is 11.5 Å². The van der Waals surface area contributed by atoms with Crippen LogP contribution in [0.25, 0.3) is 6.08 Å². The Labute approximate surface area is 176 Å². The van der Waals surface area contributed by atoms with Crippen molar-refractivity contribution in [2.45, 2.75) is 39.4 Å². The molecule has 0 aliphatic carbocycles. The van der Waals surface area contributed by atoms with E-state index in [1.54, 1.807) is 18.8 Å². The summed E-state index contributed by atoms with van der Waals surface area (Å²) in [4.78, 5) is 31.6. The van der Waals surface area contributed by atoms with E-state index in [4.69, 9.17) is 9.47 Å². The van der Waals surface area contributed by atoms with E-state index in [1.807, 2.05) is 49.2 Å². The zero-order valence-electron chi connectivity index (χ0n) is 18.3. The van der Waals surface area contributed by atoms with Crippen LogP contribution in [-0.4, -0.2) is 43.5 Å². The number of nitrogens with zero attached hydrogens (tertiary/aromatic N) is 3. The molecule has 1 unspecified atom stereocenters. The molecule has 1 aromatic carbocycles. The van der Waals surface area contributed by atoms with Gasteiger partial charge in [0.15, 0.2) is 11.5 Å². The van der Waals surface area contributed by atoms with Crippen LogP contribution >= 0.6 is 0 Å². The van der Waals surface area contributed by atoms with Crippen LogP contribution in [0.15, 0.2) is 33.9 Å². The molecule has 2 heterocycles. The third kappa shape index (κ3) is 3.81. The molecule has 0 fully saturated rings. The fourth-order valence-corrected chi connectivity index (χ4v) is 3.92. The Balaban J connectivity index is 2.04. The number of aromatic nitrogens is 2. The number of H-pyrrole nitrogens is 1. The zero-order chi connectivity index (χ0) is 21.8. The van der Waals surface area contributed by atoms with Crippen LogP contribution in [0, 0.1) is 0 Å². The summed E-state index contributed by atoms with van der Waals surface area (Å²) >= 11 is 0. The van der Waals surface area contributed by atoms with Gasteiger partial charge in [-0.1, -0.05) is 26.0 Å². The van der Waals surface area contributed by atoms with Crippen molar-refractivity contribution >= 4 is 17.6 Å². The van der Waals surface area contributed by atoms with E-state index < -0.39 is 0 Å². The fraction of sp³-hybridized carbons (Fsp3) is 0.455. The Morgan fingerprint density at radius 1 is 1.07 bits per heavy atom. The first-order valence-electron chi connectivity index (χ1n) is 10.2. The quantitative estimate of drug-likeness (QED) is 0.715. The predicted octanol–water partition coefficient (Wildman–Crippen LogP) is 2.67. The molecule has 1 aromatic heterocycles. The molecule has 0 bridgehead atoms. The van der Waals surface area contributed by atoms with E-state index in [2.05, 4.69) is 16.8 Å². The van der Waals surface area contributed by atoms with E-state index in [0.717, 1.165) is 24.9 Å². The number of aromatic amines is 1. The second kappa shape index (κ2) is 9.11. The standard InChI is InChI=1S/C22H30N4O4/c1-6-12-25-18(11-9-15-8-10-16(29-4)17(14-15)30-5)24(3)19-20(27)23-22(28)26(13-7-2)21(19)25/h8-11,14,18H,6-7,12-13H2,1-5H3,(H,23,27,28)/b11-9+. The highest BCUT2D eigenvalue weighted by Crippen LogP contribution is 2.36. The number of benzene rings is 1. The van der Waals surface area contributed by atoms with Crippen molar-refractivity contribution < 1.29 is 9.47 Å². The van der Waals surface area contributed by atoms with Crippen molar-refractivity contribution in [1.29, 1.82) is 0 Å². The summed E-state index contributed by atoms with van der Waals surface area (Å²) in [6.45, 7) is 5.38. The van der Waals surface area contributed by atoms with Crippen LogP contribution < -0.4 is 30.5 Å². The smallest absolute Gasteiger partial charge is 0.330 e. The maximum Gasteiger partial charge on any atom is 0.330 e. The van der Waals surface area contributed by atoms with Crippen LogP contribution in [0.2, 0.25) is 0 Å². The molecule has 2 aromatic rings. The van der Waals surface area contributed by atoms with E-state index >= 15 is 0 Å². The summed E-state index contributed by atoms with van der Waals surface area (Å²) in [7, 11) is 5.09. The van der Waals surface area contributed by atoms with E-state index in [1.165, 1.54) is 0 Å². The molecule has 8 nitrogen and oxygen atoms in total. The minimum Gasteiger partial charge on any atom is -0.493 e. The SMILES string of the molecule is CCCN1c2c(c(=O)[nH]c(=O)n2CCC)N(C)C1/C=C/c1ccc(OC)c(OC)c1. The van der Waals surface area contributed by atoms with Gasteiger partial charge in [-0.25, -0.2) is 4.79 Å². The average Bonchev–Trinajstić information content (AvgIpc) is 3.01. The maximum absolute atomic E-state index is 12.6. The molecular weight excluding hydrogens is 384 g/mol. The predicted molar refractivity (Wildman–Crippen MR) is 120 cm³/mol. The fourth-order valence-electron chi connectivity index (χ4n) is 3.92. The van der Waals surface area contributed by atoms with Crippen LogP contribution in [-0.2, 0) is 6.54 Å². The topological polar surface area (TPSA) is 79.8 Å². The lowest BCUT2D eigenvalue weighted by Gasteiger charge is -2.28. The molecule has 1 N–H and O–H groups in total. The van der Waals surface area contributed by atoms with Crippen molar-refractivity contribution in [2.75, 3.05) is 37.6 Å². The second-order valence-electron chi connectivity index (χ2n) is 7.27. The summed E-state index contributed by atoms with van der Waals surface area (Å²) in [5, 5.41) is 0. The van der Waals surface area contributed by atoms with Gasteiger partial charge >= 0.3 is 5.69 Å². The molecule has 0 radical (unpaired) electrons. The molecule has 1 aliphatic heterocycles. The van der Waals surface area contributed by atoms with E-state index in [-0.39, 0.29) is 17.4 Å². The number of fused-ring (bicyclic) bond motifs is 1. The van der Waals surface area contributed by atoms with Gasteiger partial charge in [0.25, 0.3) is 5.56 Å². The molecule has 162 valence electrons. The summed E-state index contributed by atoms with van der Waals surface area (Å²) in [5.74, 6) is 2.01. The van der Waals surface area contributed by atoms with Crippen molar-refractivity contribution in [2.24, 2.45) is 0 Å². The number of rotatable bonds is 8. The molecule has 0 saturated carbocycles. The number of hydrogen-bond donors (Lipinski definition) is 1. The van der Waals surface area contributed by atoms with Gasteiger partial charge in [-0.3, -0.25) is 14.3 Å². The summed E-state index contributed by atoms with van der Waals surface area (Å²) in [6.07, 6.45) is 5.54.